The van der Waals surface area contributed by atoms with Crippen LogP contribution in [0.1, 0.15) is 18.4 Å². The van der Waals surface area contributed by atoms with Crippen molar-refractivity contribution < 1.29 is 27.9 Å². The summed E-state index contributed by atoms with van der Waals surface area (Å²) in [5, 5.41) is 12.3. The predicted octanol–water partition coefficient (Wildman–Crippen LogP) is 3.28. The van der Waals surface area contributed by atoms with Gasteiger partial charge in [-0.05, 0) is 24.5 Å². The van der Waals surface area contributed by atoms with Crippen LogP contribution in [0.3, 0.4) is 0 Å². The van der Waals surface area contributed by atoms with Gasteiger partial charge in [0.25, 0.3) is 0 Å². The molecule has 2 atom stereocenters. The van der Waals surface area contributed by atoms with Gasteiger partial charge in [0.15, 0.2) is 0 Å². The van der Waals surface area contributed by atoms with E-state index in [-0.39, 0.29) is 12.0 Å². The molecule has 1 aliphatic carbocycles. The number of nitrogens with one attached hydrogen (secondary N) is 1. The van der Waals surface area contributed by atoms with Crippen molar-refractivity contribution in [2.24, 2.45) is 11.8 Å². The topological polar surface area (TPSA) is 69.6 Å². The van der Waals surface area contributed by atoms with E-state index < -0.39 is 43.1 Å². The van der Waals surface area contributed by atoms with Gasteiger partial charge in [0.2, 0.25) is 0 Å². The number of urea groups is 1. The van der Waals surface area contributed by atoms with Crippen LogP contribution < -0.4 is 5.32 Å². The number of hydrogen-bond acceptors (Lipinski definition) is 2. The van der Waals surface area contributed by atoms with Crippen LogP contribution in [-0.2, 0) is 10.2 Å². The molecule has 9 heteroatoms. The molecule has 0 spiro atoms. The summed E-state index contributed by atoms with van der Waals surface area (Å²) in [4.78, 5) is 24.3. The van der Waals surface area contributed by atoms with Crippen molar-refractivity contribution in [2.75, 3.05) is 19.6 Å². The molecule has 1 aromatic carbocycles. The lowest BCUT2D eigenvalue weighted by Gasteiger charge is -2.22. The lowest BCUT2D eigenvalue weighted by molar-refractivity contribution is -0.187. The Hall–Kier alpha value is -1.96. The average Bonchev–Trinajstić information content (AvgIpc) is 3.19. The van der Waals surface area contributed by atoms with E-state index in [0.717, 1.165) is 23.3 Å². The average molecular weight is 391 g/mol. The second-order valence-corrected chi connectivity index (χ2v) is 7.32. The van der Waals surface area contributed by atoms with Gasteiger partial charge >= 0.3 is 18.2 Å². The summed E-state index contributed by atoms with van der Waals surface area (Å²) in [6.45, 7) is -0.851. The number of halogens is 4. The smallest absolute Gasteiger partial charge is 0.394 e. The zero-order valence-corrected chi connectivity index (χ0v) is 14.5. The van der Waals surface area contributed by atoms with Crippen molar-refractivity contribution in [3.63, 3.8) is 0 Å². The quantitative estimate of drug-likeness (QED) is 0.829. The highest BCUT2D eigenvalue weighted by Crippen LogP contribution is 2.50. The minimum atomic E-state index is -4.66. The first-order valence-electron chi connectivity index (χ1n) is 8.21. The predicted molar refractivity (Wildman–Crippen MR) is 88.0 cm³/mol. The van der Waals surface area contributed by atoms with Crippen LogP contribution in [0.5, 0.6) is 0 Å². The third kappa shape index (κ3) is 3.60. The Morgan fingerprint density at radius 1 is 1.27 bits per heavy atom. The van der Waals surface area contributed by atoms with Crippen molar-refractivity contribution in [1.82, 2.24) is 10.2 Å². The van der Waals surface area contributed by atoms with E-state index in [4.69, 9.17) is 16.7 Å². The molecule has 1 aromatic rings. The van der Waals surface area contributed by atoms with Crippen LogP contribution >= 0.6 is 11.6 Å². The van der Waals surface area contributed by atoms with Gasteiger partial charge in [-0.2, -0.15) is 13.2 Å². The molecule has 0 unspecified atom stereocenters. The summed E-state index contributed by atoms with van der Waals surface area (Å²) < 4.78 is 39.1. The molecular formula is C17H18ClF3N2O3. The summed E-state index contributed by atoms with van der Waals surface area (Å²) in [5.41, 5.74) is 0.601. The van der Waals surface area contributed by atoms with Crippen LogP contribution in [0, 0.1) is 11.8 Å². The molecule has 1 saturated heterocycles. The second kappa shape index (κ2) is 6.64. The molecule has 0 bridgehead atoms. The van der Waals surface area contributed by atoms with Gasteiger partial charge in [-0.3, -0.25) is 4.79 Å². The number of carboxylic acids is 1. The molecule has 0 aromatic heterocycles. The Morgan fingerprint density at radius 2 is 1.92 bits per heavy atom. The van der Waals surface area contributed by atoms with Crippen molar-refractivity contribution in [1.29, 1.82) is 0 Å². The fourth-order valence-corrected chi connectivity index (χ4v) is 3.83. The Labute approximate surface area is 153 Å². The van der Waals surface area contributed by atoms with Crippen LogP contribution in [0.4, 0.5) is 18.0 Å². The van der Waals surface area contributed by atoms with Gasteiger partial charge in [-0.15, -0.1) is 0 Å². The van der Waals surface area contributed by atoms with Gasteiger partial charge in [0.1, 0.15) is 0 Å². The SMILES string of the molecule is O=C(O)[C@@H]1CN(C(=O)NCC2(c3ccccc3Cl)CC2)C[C@H]1C(F)(F)F. The van der Waals surface area contributed by atoms with Gasteiger partial charge in [-0.25, -0.2) is 4.79 Å². The highest BCUT2D eigenvalue weighted by Gasteiger charge is 2.54. The van der Waals surface area contributed by atoms with Crippen LogP contribution in [0.15, 0.2) is 24.3 Å². The van der Waals surface area contributed by atoms with E-state index in [1.165, 1.54) is 0 Å². The van der Waals surface area contributed by atoms with Crippen molar-refractivity contribution in [2.45, 2.75) is 24.4 Å². The summed E-state index contributed by atoms with van der Waals surface area (Å²) in [5.74, 6) is -5.24. The number of hydrogen-bond donors (Lipinski definition) is 2. The maximum Gasteiger partial charge on any atom is 0.394 e. The zero-order valence-electron chi connectivity index (χ0n) is 13.7. The number of rotatable bonds is 4. The lowest BCUT2D eigenvalue weighted by atomic mass is 9.96. The Bertz CT molecular complexity index is 721. The molecule has 2 fully saturated rings. The van der Waals surface area contributed by atoms with Gasteiger partial charge in [-0.1, -0.05) is 29.8 Å². The minimum absolute atomic E-state index is 0.250. The molecule has 142 valence electrons. The van der Waals surface area contributed by atoms with Gasteiger partial charge in [0, 0.05) is 30.1 Å². The highest BCUT2D eigenvalue weighted by atomic mass is 35.5. The Morgan fingerprint density at radius 3 is 2.42 bits per heavy atom. The van der Waals surface area contributed by atoms with Crippen molar-refractivity contribution in [3.8, 4) is 0 Å². The molecule has 26 heavy (non-hydrogen) atoms. The fraction of sp³-hybridized carbons (Fsp3) is 0.529. The molecule has 1 heterocycles. The summed E-state index contributed by atoms with van der Waals surface area (Å²) in [7, 11) is 0. The van der Waals surface area contributed by atoms with E-state index >= 15 is 0 Å². The van der Waals surface area contributed by atoms with E-state index in [2.05, 4.69) is 5.32 Å². The first kappa shape index (κ1) is 18.8. The normalized spacial score (nSPS) is 24.4. The standard InChI is InChI=1S/C17H18ClF3N2O3/c18-13-4-2-1-3-11(13)16(5-6-16)9-22-15(26)23-7-10(14(24)25)12(8-23)17(19,20)21/h1-4,10,12H,5-9H2,(H,22,26)(H,24,25)/t10-,12-/m1/s1. The minimum Gasteiger partial charge on any atom is -0.481 e. The number of carboxylic acid groups (broad SMARTS) is 1. The second-order valence-electron chi connectivity index (χ2n) is 6.92. The number of amides is 2. The molecule has 5 nitrogen and oxygen atoms in total. The summed E-state index contributed by atoms with van der Waals surface area (Å²) >= 11 is 6.20. The van der Waals surface area contributed by atoms with Crippen molar-refractivity contribution in [3.05, 3.63) is 34.9 Å². The molecule has 2 aliphatic rings. The maximum absolute atomic E-state index is 13.0. The zero-order chi connectivity index (χ0) is 19.1. The third-order valence-electron chi connectivity index (χ3n) is 5.22. The maximum atomic E-state index is 13.0. The lowest BCUT2D eigenvalue weighted by Crippen LogP contribution is -2.42. The van der Waals surface area contributed by atoms with Crippen LogP contribution in [0.2, 0.25) is 5.02 Å². The van der Waals surface area contributed by atoms with E-state index in [9.17, 15) is 22.8 Å². The van der Waals surface area contributed by atoms with E-state index in [1.54, 1.807) is 12.1 Å². The Balaban J connectivity index is 1.64. The molecule has 0 radical (unpaired) electrons. The van der Waals surface area contributed by atoms with Gasteiger partial charge < -0.3 is 15.3 Å². The van der Waals surface area contributed by atoms with E-state index in [0.29, 0.717) is 5.02 Å². The number of nitrogens with zero attached hydrogens (tertiary/aromatic N) is 1. The molecule has 2 amide bonds. The summed E-state index contributed by atoms with van der Waals surface area (Å²) in [6.07, 6.45) is -3.02. The molecule has 1 saturated carbocycles. The molecular weight excluding hydrogens is 373 g/mol. The number of aliphatic carboxylic acids is 1. The van der Waals surface area contributed by atoms with Gasteiger partial charge in [0.05, 0.1) is 11.8 Å². The van der Waals surface area contributed by atoms with E-state index in [1.807, 2.05) is 12.1 Å². The number of likely N-dealkylation sites (tertiary alicyclic amines) is 1. The molecule has 1 aliphatic heterocycles. The highest BCUT2D eigenvalue weighted by molar-refractivity contribution is 6.31. The van der Waals surface area contributed by atoms with Crippen LogP contribution in [-0.4, -0.2) is 47.8 Å². The summed E-state index contributed by atoms with van der Waals surface area (Å²) in [6, 6.07) is 6.59. The first-order valence-corrected chi connectivity index (χ1v) is 8.59. The van der Waals surface area contributed by atoms with Crippen LogP contribution in [0.25, 0.3) is 0 Å². The number of carbonyl (C=O) groups excluding carboxylic acids is 1. The number of alkyl halides is 3. The largest absolute Gasteiger partial charge is 0.481 e. The first-order chi connectivity index (χ1) is 12.1. The number of carbonyl (C=O) groups is 2. The van der Waals surface area contributed by atoms with Crippen molar-refractivity contribution >= 4 is 23.6 Å². The third-order valence-corrected chi connectivity index (χ3v) is 5.55. The fourth-order valence-electron chi connectivity index (χ4n) is 3.49. The number of benzene rings is 1. The molecule has 3 rings (SSSR count). The monoisotopic (exact) mass is 390 g/mol. The Kier molecular flexibility index (Phi) is 4.81. The molecule has 2 N–H and O–H groups in total.